The zero-order valence-electron chi connectivity index (χ0n) is 16.9. The molecule has 1 aromatic carbocycles. The van der Waals surface area contributed by atoms with Crippen molar-refractivity contribution in [2.45, 2.75) is 38.1 Å². The lowest BCUT2D eigenvalue weighted by atomic mass is 9.82. The Bertz CT molecular complexity index is 1080. The number of imidazole rings is 1. The molecule has 1 aliphatic carbocycles. The number of amides is 1. The fourth-order valence-electron chi connectivity index (χ4n) is 4.89. The second kappa shape index (κ2) is 6.88. The van der Waals surface area contributed by atoms with E-state index in [0.717, 1.165) is 53.8 Å². The Morgan fingerprint density at radius 2 is 2.03 bits per heavy atom. The minimum absolute atomic E-state index is 0.00216. The van der Waals surface area contributed by atoms with Gasteiger partial charge in [0.25, 0.3) is 5.91 Å². The maximum absolute atomic E-state index is 12.9. The van der Waals surface area contributed by atoms with Gasteiger partial charge in [0, 0.05) is 31.6 Å². The molecule has 0 radical (unpaired) electrons. The molecule has 150 valence electrons. The minimum Gasteiger partial charge on any atom is -0.383 e. The second-order valence-electron chi connectivity index (χ2n) is 8.29. The summed E-state index contributed by atoms with van der Waals surface area (Å²) < 4.78 is 7.05. The summed E-state index contributed by atoms with van der Waals surface area (Å²) in [7, 11) is 1.64. The molecule has 2 N–H and O–H groups in total. The maximum atomic E-state index is 12.9. The van der Waals surface area contributed by atoms with Gasteiger partial charge in [-0.25, -0.2) is 4.98 Å². The highest BCUT2D eigenvalue weighted by molar-refractivity contribution is 5.98. The van der Waals surface area contributed by atoms with Crippen LogP contribution in [0.2, 0.25) is 0 Å². The Morgan fingerprint density at radius 3 is 2.76 bits per heavy atom. The van der Waals surface area contributed by atoms with Crippen molar-refractivity contribution in [2.24, 2.45) is 0 Å². The molecule has 2 aromatic heterocycles. The lowest BCUT2D eigenvalue weighted by Crippen LogP contribution is -2.43. The van der Waals surface area contributed by atoms with Crippen molar-refractivity contribution in [1.29, 1.82) is 0 Å². The number of pyridine rings is 1. The quantitative estimate of drug-likeness (QED) is 0.672. The fourth-order valence-corrected chi connectivity index (χ4v) is 4.89. The molecule has 0 saturated carbocycles. The van der Waals surface area contributed by atoms with Crippen LogP contribution in [0.15, 0.2) is 36.7 Å². The van der Waals surface area contributed by atoms with Crippen molar-refractivity contribution in [3.63, 3.8) is 0 Å². The molecule has 3 heterocycles. The molecular formula is C23H26N4O2. The van der Waals surface area contributed by atoms with Gasteiger partial charge in [0.1, 0.15) is 0 Å². The molecule has 0 saturated heterocycles. The third-order valence-corrected chi connectivity index (χ3v) is 6.23. The summed E-state index contributed by atoms with van der Waals surface area (Å²) in [5.74, 6) is -0.0565. The molecule has 1 spiro atoms. The zero-order valence-corrected chi connectivity index (χ0v) is 16.9. The summed E-state index contributed by atoms with van der Waals surface area (Å²) in [6, 6.07) is 8.70. The van der Waals surface area contributed by atoms with Crippen LogP contribution in [0, 0.1) is 6.92 Å². The molecule has 0 fully saturated rings. The number of methoxy groups -OCH3 is 1. The van der Waals surface area contributed by atoms with Crippen LogP contribution in [0.5, 0.6) is 0 Å². The Kier molecular flexibility index (Phi) is 4.32. The number of hydrogen-bond acceptors (Lipinski definition) is 4. The average Bonchev–Trinajstić information content (AvgIpc) is 3.26. The largest absolute Gasteiger partial charge is 0.383 e. The van der Waals surface area contributed by atoms with Crippen molar-refractivity contribution < 1.29 is 9.53 Å². The molecule has 6 nitrogen and oxygen atoms in total. The van der Waals surface area contributed by atoms with Crippen molar-refractivity contribution >= 4 is 17.2 Å². The van der Waals surface area contributed by atoms with E-state index in [1.807, 2.05) is 23.7 Å². The number of nitrogens with one attached hydrogen (secondary N) is 2. The molecule has 0 atom stereocenters. The van der Waals surface area contributed by atoms with E-state index in [-0.39, 0.29) is 11.4 Å². The van der Waals surface area contributed by atoms with E-state index in [1.165, 1.54) is 11.1 Å². The number of aromatic nitrogens is 2. The van der Waals surface area contributed by atoms with Crippen LogP contribution in [-0.4, -0.2) is 41.1 Å². The first-order valence-corrected chi connectivity index (χ1v) is 10.2. The SMILES string of the molecule is COCCNC(=O)c1cn2cc(C)nc2c2c1CCC1(Cc3ccccc3C1)N2. The van der Waals surface area contributed by atoms with E-state index in [1.54, 1.807) is 7.11 Å². The standard InChI is InChI=1S/C23H26N4O2/c1-15-13-27-14-19(22(28)24-9-10-29-2)18-7-8-23(26-20(18)21(27)25-15)11-16-5-3-4-6-17(16)12-23/h3-6,13-14,26H,7-12H2,1-2H3,(H,24,28). The molecule has 1 amide bonds. The van der Waals surface area contributed by atoms with Gasteiger partial charge in [-0.2, -0.15) is 0 Å². The maximum Gasteiger partial charge on any atom is 0.253 e. The van der Waals surface area contributed by atoms with Crippen molar-refractivity contribution in [1.82, 2.24) is 14.7 Å². The van der Waals surface area contributed by atoms with E-state index in [2.05, 4.69) is 34.9 Å². The molecule has 29 heavy (non-hydrogen) atoms. The number of carbonyl (C=O) groups is 1. The number of fused-ring (bicyclic) bond motifs is 4. The lowest BCUT2D eigenvalue weighted by molar-refractivity contribution is 0.0935. The normalized spacial score (nSPS) is 16.5. The number of nitrogens with zero attached hydrogens (tertiary/aromatic N) is 2. The van der Waals surface area contributed by atoms with E-state index in [9.17, 15) is 4.79 Å². The highest BCUT2D eigenvalue weighted by Gasteiger charge is 2.41. The Morgan fingerprint density at radius 1 is 1.28 bits per heavy atom. The van der Waals surface area contributed by atoms with Crippen molar-refractivity contribution in [3.05, 3.63) is 64.6 Å². The van der Waals surface area contributed by atoms with Gasteiger partial charge in [-0.3, -0.25) is 4.79 Å². The minimum atomic E-state index is -0.0565. The first kappa shape index (κ1) is 18.2. The third-order valence-electron chi connectivity index (χ3n) is 6.23. The molecule has 3 aromatic rings. The van der Waals surface area contributed by atoms with Crippen LogP contribution in [0.1, 0.15) is 39.2 Å². The Labute approximate surface area is 170 Å². The Hall–Kier alpha value is -2.86. The number of anilines is 1. The van der Waals surface area contributed by atoms with Crippen LogP contribution in [0.25, 0.3) is 5.65 Å². The zero-order chi connectivity index (χ0) is 20.0. The van der Waals surface area contributed by atoms with Gasteiger partial charge in [0.2, 0.25) is 0 Å². The van der Waals surface area contributed by atoms with Gasteiger partial charge in [-0.1, -0.05) is 24.3 Å². The van der Waals surface area contributed by atoms with E-state index in [4.69, 9.17) is 9.72 Å². The summed E-state index contributed by atoms with van der Waals surface area (Å²) in [6.07, 6.45) is 7.79. The predicted octanol–water partition coefficient (Wildman–Crippen LogP) is 2.91. The number of rotatable bonds is 4. The molecule has 5 rings (SSSR count). The molecule has 6 heteroatoms. The number of ether oxygens (including phenoxy) is 1. The monoisotopic (exact) mass is 390 g/mol. The van der Waals surface area contributed by atoms with Crippen LogP contribution in [-0.2, 0) is 24.0 Å². The summed E-state index contributed by atoms with van der Waals surface area (Å²) in [5.41, 5.74) is 7.50. The number of carbonyl (C=O) groups excluding carboxylic acids is 1. The van der Waals surface area contributed by atoms with Gasteiger partial charge in [0.15, 0.2) is 5.65 Å². The molecule has 0 unspecified atom stereocenters. The summed E-state index contributed by atoms with van der Waals surface area (Å²) in [4.78, 5) is 17.7. The van der Waals surface area contributed by atoms with Crippen LogP contribution < -0.4 is 10.6 Å². The summed E-state index contributed by atoms with van der Waals surface area (Å²) in [6.45, 7) is 2.99. The van der Waals surface area contributed by atoms with E-state index in [0.29, 0.717) is 13.2 Å². The molecule has 1 aliphatic heterocycles. The summed E-state index contributed by atoms with van der Waals surface area (Å²) >= 11 is 0. The Balaban J connectivity index is 1.55. The molecule has 2 aliphatic rings. The highest BCUT2D eigenvalue weighted by atomic mass is 16.5. The average molecular weight is 390 g/mol. The van der Waals surface area contributed by atoms with Crippen LogP contribution >= 0.6 is 0 Å². The van der Waals surface area contributed by atoms with Gasteiger partial charge >= 0.3 is 0 Å². The lowest BCUT2D eigenvalue weighted by Gasteiger charge is -2.37. The topological polar surface area (TPSA) is 67.7 Å². The highest BCUT2D eigenvalue weighted by Crippen LogP contribution is 2.42. The van der Waals surface area contributed by atoms with Gasteiger partial charge < -0.3 is 19.8 Å². The second-order valence-corrected chi connectivity index (χ2v) is 8.29. The number of hydrogen-bond donors (Lipinski definition) is 2. The molecule has 0 bridgehead atoms. The van der Waals surface area contributed by atoms with Gasteiger partial charge in [-0.05, 0) is 49.3 Å². The first-order chi connectivity index (χ1) is 14.1. The first-order valence-electron chi connectivity index (χ1n) is 10.2. The molecular weight excluding hydrogens is 364 g/mol. The van der Waals surface area contributed by atoms with Crippen LogP contribution in [0.3, 0.4) is 0 Å². The van der Waals surface area contributed by atoms with Crippen molar-refractivity contribution in [2.75, 3.05) is 25.6 Å². The van der Waals surface area contributed by atoms with E-state index >= 15 is 0 Å². The van der Waals surface area contributed by atoms with Crippen LogP contribution in [0.4, 0.5) is 5.69 Å². The predicted molar refractivity (Wildman–Crippen MR) is 113 cm³/mol. The number of benzene rings is 1. The fraction of sp³-hybridized carbons (Fsp3) is 0.391. The third kappa shape index (κ3) is 3.08. The summed E-state index contributed by atoms with van der Waals surface area (Å²) in [5, 5.41) is 6.82. The number of aryl methyl sites for hydroxylation is 1. The van der Waals surface area contributed by atoms with Crippen molar-refractivity contribution in [3.8, 4) is 0 Å². The smallest absolute Gasteiger partial charge is 0.253 e. The van der Waals surface area contributed by atoms with Gasteiger partial charge in [-0.15, -0.1) is 0 Å². The van der Waals surface area contributed by atoms with E-state index < -0.39 is 0 Å². The van der Waals surface area contributed by atoms with Gasteiger partial charge in [0.05, 0.1) is 23.6 Å².